The SMILES string of the molecule is O=C1OC(=O)C2=C1CC=C(SC1=CCC3=C(C1)C(=O)OC3=O)C2. The van der Waals surface area contributed by atoms with Crippen LogP contribution in [0, 0.1) is 0 Å². The highest BCUT2D eigenvalue weighted by atomic mass is 32.2. The number of hydrogen-bond donors (Lipinski definition) is 0. The van der Waals surface area contributed by atoms with Crippen LogP contribution in [0.4, 0.5) is 0 Å². The minimum absolute atomic E-state index is 0.358. The lowest BCUT2D eigenvalue weighted by Crippen LogP contribution is -2.04. The largest absolute Gasteiger partial charge is 0.386 e. The van der Waals surface area contributed by atoms with E-state index in [1.54, 1.807) is 0 Å². The maximum Gasteiger partial charge on any atom is 0.342 e. The molecule has 4 rings (SSSR count). The molecular weight excluding hydrogens is 320 g/mol. The Morgan fingerprint density at radius 3 is 1.48 bits per heavy atom. The molecule has 23 heavy (non-hydrogen) atoms. The van der Waals surface area contributed by atoms with Crippen LogP contribution in [0.2, 0.25) is 0 Å². The fourth-order valence-electron chi connectivity index (χ4n) is 2.93. The number of hydrogen-bond acceptors (Lipinski definition) is 7. The topological polar surface area (TPSA) is 86.7 Å². The lowest BCUT2D eigenvalue weighted by molar-refractivity contribution is -0.152. The highest BCUT2D eigenvalue weighted by Crippen LogP contribution is 2.43. The van der Waals surface area contributed by atoms with Crippen molar-refractivity contribution >= 4 is 35.6 Å². The first-order chi connectivity index (χ1) is 11.0. The molecule has 0 unspecified atom stereocenters. The van der Waals surface area contributed by atoms with Gasteiger partial charge in [-0.25, -0.2) is 19.2 Å². The second-order valence-electron chi connectivity index (χ2n) is 5.47. The minimum Gasteiger partial charge on any atom is -0.386 e. The fraction of sp³-hybridized carbons (Fsp3) is 0.250. The van der Waals surface area contributed by atoms with Gasteiger partial charge in [-0.1, -0.05) is 23.9 Å². The van der Waals surface area contributed by atoms with Gasteiger partial charge in [0.05, 0.1) is 22.3 Å². The van der Waals surface area contributed by atoms with Crippen LogP contribution in [0.25, 0.3) is 0 Å². The van der Waals surface area contributed by atoms with Crippen molar-refractivity contribution in [1.82, 2.24) is 0 Å². The van der Waals surface area contributed by atoms with Crippen molar-refractivity contribution in [2.45, 2.75) is 25.7 Å². The maximum atomic E-state index is 11.6. The molecule has 0 fully saturated rings. The summed E-state index contributed by atoms with van der Waals surface area (Å²) in [6.45, 7) is 0. The van der Waals surface area contributed by atoms with Gasteiger partial charge in [0.25, 0.3) is 0 Å². The van der Waals surface area contributed by atoms with Crippen LogP contribution in [-0.2, 0) is 28.7 Å². The quantitative estimate of drug-likeness (QED) is 0.564. The van der Waals surface area contributed by atoms with Gasteiger partial charge < -0.3 is 9.47 Å². The third kappa shape index (κ3) is 2.28. The van der Waals surface area contributed by atoms with Crippen molar-refractivity contribution in [1.29, 1.82) is 0 Å². The molecule has 7 heteroatoms. The maximum absolute atomic E-state index is 11.6. The van der Waals surface area contributed by atoms with E-state index in [2.05, 4.69) is 9.47 Å². The van der Waals surface area contributed by atoms with E-state index in [0.29, 0.717) is 48.0 Å². The van der Waals surface area contributed by atoms with Crippen LogP contribution in [0.1, 0.15) is 25.7 Å². The summed E-state index contributed by atoms with van der Waals surface area (Å²) in [5.41, 5.74) is 1.72. The Bertz CT molecular complexity index is 756. The van der Waals surface area contributed by atoms with Gasteiger partial charge in [-0.15, -0.1) is 0 Å². The van der Waals surface area contributed by atoms with Crippen LogP contribution < -0.4 is 0 Å². The third-order valence-electron chi connectivity index (χ3n) is 4.12. The van der Waals surface area contributed by atoms with E-state index < -0.39 is 23.9 Å². The predicted octanol–water partition coefficient (Wildman–Crippen LogP) is 1.83. The minimum atomic E-state index is -0.566. The zero-order valence-corrected chi connectivity index (χ0v) is 12.7. The highest BCUT2D eigenvalue weighted by Gasteiger charge is 2.37. The molecule has 2 heterocycles. The highest BCUT2D eigenvalue weighted by molar-refractivity contribution is 8.06. The zero-order chi connectivity index (χ0) is 16.1. The van der Waals surface area contributed by atoms with Crippen LogP contribution in [0.5, 0.6) is 0 Å². The Balaban J connectivity index is 1.47. The molecule has 0 saturated carbocycles. The first-order valence-electron chi connectivity index (χ1n) is 7.06. The van der Waals surface area contributed by atoms with Gasteiger partial charge in [0.1, 0.15) is 0 Å². The number of carbonyl (C=O) groups excluding carboxylic acids is 4. The van der Waals surface area contributed by atoms with Gasteiger partial charge in [-0.05, 0) is 22.7 Å². The smallest absolute Gasteiger partial charge is 0.342 e. The molecule has 0 atom stereocenters. The Hall–Kier alpha value is -2.41. The van der Waals surface area contributed by atoms with E-state index in [1.807, 2.05) is 12.2 Å². The summed E-state index contributed by atoms with van der Waals surface area (Å²) in [5.74, 6) is -2.24. The van der Waals surface area contributed by atoms with Crippen LogP contribution >= 0.6 is 11.8 Å². The molecule has 0 aromatic carbocycles. The van der Waals surface area contributed by atoms with Crippen LogP contribution in [-0.4, -0.2) is 23.9 Å². The van der Waals surface area contributed by atoms with Crippen molar-refractivity contribution in [2.75, 3.05) is 0 Å². The van der Waals surface area contributed by atoms with Crippen molar-refractivity contribution < 1.29 is 28.7 Å². The van der Waals surface area contributed by atoms with Gasteiger partial charge in [-0.3, -0.25) is 0 Å². The van der Waals surface area contributed by atoms with Gasteiger partial charge in [0.15, 0.2) is 0 Å². The normalized spacial score (nSPS) is 23.5. The second-order valence-corrected chi connectivity index (χ2v) is 6.73. The van der Waals surface area contributed by atoms with Gasteiger partial charge in [-0.2, -0.15) is 0 Å². The molecule has 0 saturated heterocycles. The third-order valence-corrected chi connectivity index (χ3v) is 5.26. The Morgan fingerprint density at radius 2 is 1.04 bits per heavy atom. The van der Waals surface area contributed by atoms with E-state index in [9.17, 15) is 19.2 Å². The summed E-state index contributed by atoms with van der Waals surface area (Å²) in [6, 6.07) is 0. The zero-order valence-electron chi connectivity index (χ0n) is 11.8. The fourth-order valence-corrected chi connectivity index (χ4v) is 4.03. The van der Waals surface area contributed by atoms with Crippen LogP contribution in [0.3, 0.4) is 0 Å². The van der Waals surface area contributed by atoms with Gasteiger partial charge >= 0.3 is 23.9 Å². The van der Waals surface area contributed by atoms with Gasteiger partial charge in [0.2, 0.25) is 0 Å². The average molecular weight is 330 g/mol. The van der Waals surface area contributed by atoms with Crippen molar-refractivity contribution in [3.05, 3.63) is 44.3 Å². The molecule has 116 valence electrons. The van der Waals surface area contributed by atoms with E-state index in [-0.39, 0.29) is 0 Å². The van der Waals surface area contributed by atoms with E-state index in [4.69, 9.17) is 0 Å². The molecule has 0 radical (unpaired) electrons. The molecule has 0 aromatic rings. The van der Waals surface area contributed by atoms with Gasteiger partial charge in [0, 0.05) is 12.8 Å². The number of ether oxygens (including phenoxy) is 2. The number of thioether (sulfide) groups is 1. The lowest BCUT2D eigenvalue weighted by Gasteiger charge is -2.16. The number of cyclic esters (lactones) is 4. The monoisotopic (exact) mass is 330 g/mol. The molecule has 0 spiro atoms. The Morgan fingerprint density at radius 1 is 0.652 bits per heavy atom. The molecule has 0 N–H and O–H groups in total. The first-order valence-corrected chi connectivity index (χ1v) is 7.87. The average Bonchev–Trinajstić information content (AvgIpc) is 2.96. The van der Waals surface area contributed by atoms with E-state index in [0.717, 1.165) is 9.81 Å². The summed E-state index contributed by atoms with van der Waals surface area (Å²) in [6.07, 6.45) is 5.26. The number of esters is 4. The molecule has 4 aliphatic rings. The molecule has 0 bridgehead atoms. The van der Waals surface area contributed by atoms with E-state index in [1.165, 1.54) is 11.8 Å². The number of rotatable bonds is 2. The van der Waals surface area contributed by atoms with Crippen molar-refractivity contribution in [3.8, 4) is 0 Å². The first kappa shape index (κ1) is 14.2. The predicted molar refractivity (Wildman–Crippen MR) is 78.5 cm³/mol. The molecule has 0 aromatic heterocycles. The summed E-state index contributed by atoms with van der Waals surface area (Å²) in [7, 11) is 0. The lowest BCUT2D eigenvalue weighted by atomic mass is 9.99. The van der Waals surface area contributed by atoms with Crippen molar-refractivity contribution in [3.63, 3.8) is 0 Å². The molecule has 2 aliphatic carbocycles. The Labute approximate surface area is 134 Å². The van der Waals surface area contributed by atoms with E-state index >= 15 is 0 Å². The molecule has 6 nitrogen and oxygen atoms in total. The molecular formula is C16H10O6S. The Kier molecular flexibility index (Phi) is 3.12. The second kappa shape index (κ2) is 5.06. The number of carbonyl (C=O) groups is 4. The summed E-state index contributed by atoms with van der Waals surface area (Å²) >= 11 is 1.46. The van der Waals surface area contributed by atoms with Crippen molar-refractivity contribution in [2.24, 2.45) is 0 Å². The number of allylic oxidation sites excluding steroid dienone is 4. The standard InChI is InChI=1S/C16H10O6S/c17-13-9-3-1-7(5-11(9)15(19)21-13)23-8-2-4-10-12(6-8)16(20)22-14(10)18/h1-2H,3-6H2. The molecule has 0 amide bonds. The summed E-state index contributed by atoms with van der Waals surface area (Å²) in [5, 5.41) is 0. The summed E-state index contributed by atoms with van der Waals surface area (Å²) in [4.78, 5) is 48.1. The molecule has 2 aliphatic heterocycles. The van der Waals surface area contributed by atoms with Crippen LogP contribution in [0.15, 0.2) is 44.3 Å². The summed E-state index contributed by atoms with van der Waals surface area (Å²) < 4.78 is 9.23.